The lowest BCUT2D eigenvalue weighted by Gasteiger charge is -2.18. The van der Waals surface area contributed by atoms with Crippen LogP contribution in [0.2, 0.25) is 0 Å². The molecule has 1 aromatic heterocycles. The predicted octanol–water partition coefficient (Wildman–Crippen LogP) is 6.39. The summed E-state index contributed by atoms with van der Waals surface area (Å²) >= 11 is 0. The molecule has 0 fully saturated rings. The van der Waals surface area contributed by atoms with E-state index in [1.54, 1.807) is 12.1 Å². The van der Waals surface area contributed by atoms with Crippen molar-refractivity contribution in [3.8, 4) is 23.0 Å². The van der Waals surface area contributed by atoms with E-state index in [0.29, 0.717) is 72.3 Å². The zero-order chi connectivity index (χ0) is 29.2. The van der Waals surface area contributed by atoms with Crippen molar-refractivity contribution in [3.05, 3.63) is 56.8 Å². The summed E-state index contributed by atoms with van der Waals surface area (Å²) in [5, 5.41) is 11.8. The third-order valence-electron chi connectivity index (χ3n) is 6.39. The highest BCUT2D eigenvalue weighted by Gasteiger charge is 2.24. The second-order valence-electron chi connectivity index (χ2n) is 10.1. The van der Waals surface area contributed by atoms with Crippen molar-refractivity contribution in [1.29, 1.82) is 0 Å². The van der Waals surface area contributed by atoms with Gasteiger partial charge in [-0.1, -0.05) is 23.3 Å². The molecule has 0 radical (unpaired) electrons. The number of phenols is 1. The number of carbonyl (C=O) groups is 2. The summed E-state index contributed by atoms with van der Waals surface area (Å²) in [5.74, 6) is 0.995. The molecule has 0 unspecified atom stereocenters. The number of fused-ring (bicyclic) bond motifs is 2. The Morgan fingerprint density at radius 2 is 1.35 bits per heavy atom. The maximum absolute atomic E-state index is 14.1. The van der Waals surface area contributed by atoms with E-state index < -0.39 is 0 Å². The van der Waals surface area contributed by atoms with Crippen LogP contribution in [0.3, 0.4) is 0 Å². The van der Waals surface area contributed by atoms with Crippen molar-refractivity contribution in [2.75, 3.05) is 20.3 Å². The van der Waals surface area contributed by atoms with E-state index in [1.807, 2.05) is 39.8 Å². The first kappa shape index (κ1) is 30.5. The molecule has 0 aliphatic heterocycles. The van der Waals surface area contributed by atoms with Crippen molar-refractivity contribution >= 4 is 34.5 Å². The minimum Gasteiger partial charge on any atom is -0.507 e. The molecule has 40 heavy (non-hydrogen) atoms. The lowest BCUT2D eigenvalue weighted by molar-refractivity contribution is -0.108. The fourth-order valence-corrected chi connectivity index (χ4v) is 4.36. The van der Waals surface area contributed by atoms with Crippen molar-refractivity contribution in [1.82, 2.24) is 0 Å². The van der Waals surface area contributed by atoms with Crippen LogP contribution in [0.15, 0.2) is 44.6 Å². The Labute approximate surface area is 234 Å². The number of methoxy groups -OCH3 is 1. The molecule has 3 rings (SSSR count). The second kappa shape index (κ2) is 14.4. The molecule has 0 aliphatic carbocycles. The highest BCUT2D eigenvalue weighted by atomic mass is 16.5. The van der Waals surface area contributed by atoms with Gasteiger partial charge in [0, 0.05) is 36.1 Å². The van der Waals surface area contributed by atoms with Gasteiger partial charge >= 0.3 is 0 Å². The SMILES string of the molecule is COc1c(OCCCC=O)cc2oc3cc(OCCCC=O)c(CC=C(C)C)c(O)c3c(=O)c2c1CC=C(C)C. The molecule has 0 bridgehead atoms. The largest absolute Gasteiger partial charge is 0.507 e. The number of phenolic OH excluding ortho intramolecular Hbond substituents is 1. The number of ether oxygens (including phenoxy) is 3. The summed E-state index contributed by atoms with van der Waals surface area (Å²) in [5.41, 5.74) is 3.23. The quantitative estimate of drug-likeness (QED) is 0.100. The molecule has 0 amide bonds. The fourth-order valence-electron chi connectivity index (χ4n) is 4.36. The first-order valence-electron chi connectivity index (χ1n) is 13.5. The van der Waals surface area contributed by atoms with Crippen LogP contribution in [0.4, 0.5) is 0 Å². The average molecular weight is 551 g/mol. The number of unbranched alkanes of at least 4 members (excludes halogenated alkanes) is 2. The molecular formula is C32H38O8. The smallest absolute Gasteiger partial charge is 0.204 e. The Morgan fingerprint density at radius 1 is 0.825 bits per heavy atom. The highest BCUT2D eigenvalue weighted by Crippen LogP contribution is 2.41. The molecule has 0 atom stereocenters. The monoisotopic (exact) mass is 550 g/mol. The second-order valence-corrected chi connectivity index (χ2v) is 10.1. The lowest BCUT2D eigenvalue weighted by atomic mass is 9.98. The van der Waals surface area contributed by atoms with Crippen molar-refractivity contribution < 1.29 is 33.3 Å². The molecule has 1 N–H and O–H groups in total. The summed E-state index contributed by atoms with van der Waals surface area (Å²) in [6.45, 7) is 8.38. The van der Waals surface area contributed by atoms with Gasteiger partial charge in [0.1, 0.15) is 40.6 Å². The average Bonchev–Trinajstić information content (AvgIpc) is 2.91. The van der Waals surface area contributed by atoms with E-state index in [0.717, 1.165) is 23.7 Å². The normalized spacial score (nSPS) is 10.8. The molecule has 0 saturated carbocycles. The Morgan fingerprint density at radius 3 is 1.90 bits per heavy atom. The minimum absolute atomic E-state index is 0.0602. The molecule has 8 nitrogen and oxygen atoms in total. The van der Waals surface area contributed by atoms with Gasteiger partial charge in [-0.05, 0) is 53.4 Å². The Hall–Kier alpha value is -4.07. The van der Waals surface area contributed by atoms with E-state index in [1.165, 1.54) is 7.11 Å². The summed E-state index contributed by atoms with van der Waals surface area (Å²) < 4.78 is 23.9. The standard InChI is InChI=1S/C32H38O8/c1-20(2)10-12-22-24(38-16-8-6-14-33)18-26-29(30(22)35)31(36)28-23(13-11-21(3)4)32(37-5)27(19-25(28)40-26)39-17-9-7-15-34/h10-11,14-15,18-19,35H,6-9,12-13,16-17H2,1-5H3. The summed E-state index contributed by atoms with van der Waals surface area (Å²) in [7, 11) is 1.51. The maximum Gasteiger partial charge on any atom is 0.204 e. The van der Waals surface area contributed by atoms with Crippen molar-refractivity contribution in [2.24, 2.45) is 0 Å². The third kappa shape index (κ3) is 7.11. The lowest BCUT2D eigenvalue weighted by Crippen LogP contribution is -2.10. The fraction of sp³-hybridized carbons (Fsp3) is 0.406. The molecule has 214 valence electrons. The topological polar surface area (TPSA) is 112 Å². The van der Waals surface area contributed by atoms with E-state index in [9.17, 15) is 19.5 Å². The van der Waals surface area contributed by atoms with Crippen LogP contribution < -0.4 is 19.6 Å². The molecular weight excluding hydrogens is 512 g/mol. The van der Waals surface area contributed by atoms with Gasteiger partial charge in [-0.2, -0.15) is 0 Å². The van der Waals surface area contributed by atoms with Crippen LogP contribution in [-0.4, -0.2) is 38.0 Å². The van der Waals surface area contributed by atoms with Crippen LogP contribution in [0.5, 0.6) is 23.0 Å². The molecule has 2 aromatic carbocycles. The van der Waals surface area contributed by atoms with Crippen LogP contribution in [-0.2, 0) is 22.4 Å². The van der Waals surface area contributed by atoms with Crippen LogP contribution in [0, 0.1) is 0 Å². The Balaban J connectivity index is 2.33. The summed E-state index contributed by atoms with van der Waals surface area (Å²) in [4.78, 5) is 35.6. The molecule has 0 spiro atoms. The number of hydrogen-bond donors (Lipinski definition) is 1. The number of benzene rings is 2. The Bertz CT molecular complexity index is 1490. The molecule has 8 heteroatoms. The zero-order valence-corrected chi connectivity index (χ0v) is 23.9. The van der Waals surface area contributed by atoms with E-state index in [-0.39, 0.29) is 40.9 Å². The van der Waals surface area contributed by atoms with Crippen LogP contribution in [0.1, 0.15) is 64.5 Å². The van der Waals surface area contributed by atoms with E-state index >= 15 is 0 Å². The number of allylic oxidation sites excluding steroid dienone is 4. The summed E-state index contributed by atoms with van der Waals surface area (Å²) in [6.07, 6.45) is 8.09. The van der Waals surface area contributed by atoms with Crippen molar-refractivity contribution in [2.45, 2.75) is 66.2 Å². The number of rotatable bonds is 15. The van der Waals surface area contributed by atoms with Gasteiger partial charge in [-0.3, -0.25) is 4.79 Å². The first-order valence-corrected chi connectivity index (χ1v) is 13.5. The maximum atomic E-state index is 14.1. The van der Waals surface area contributed by atoms with Gasteiger partial charge in [0.25, 0.3) is 0 Å². The van der Waals surface area contributed by atoms with Crippen LogP contribution >= 0.6 is 0 Å². The zero-order valence-electron chi connectivity index (χ0n) is 23.9. The Kier molecular flexibility index (Phi) is 10.9. The van der Waals surface area contributed by atoms with Gasteiger partial charge < -0.3 is 33.3 Å². The molecule has 0 saturated heterocycles. The molecule has 3 aromatic rings. The number of aldehydes is 2. The van der Waals surface area contributed by atoms with Gasteiger partial charge in [0.15, 0.2) is 11.5 Å². The number of carbonyl (C=O) groups excluding carboxylic acids is 2. The minimum atomic E-state index is -0.386. The molecule has 0 aliphatic rings. The van der Waals surface area contributed by atoms with Crippen LogP contribution in [0.25, 0.3) is 21.9 Å². The highest BCUT2D eigenvalue weighted by molar-refractivity contribution is 5.98. The van der Waals surface area contributed by atoms with Gasteiger partial charge in [0.2, 0.25) is 5.43 Å². The van der Waals surface area contributed by atoms with Crippen molar-refractivity contribution in [3.63, 3.8) is 0 Å². The predicted molar refractivity (Wildman–Crippen MR) is 156 cm³/mol. The number of hydrogen-bond acceptors (Lipinski definition) is 8. The first-order chi connectivity index (χ1) is 19.2. The van der Waals surface area contributed by atoms with Gasteiger partial charge in [-0.25, -0.2) is 0 Å². The third-order valence-corrected chi connectivity index (χ3v) is 6.39. The number of aromatic hydroxyl groups is 1. The van der Waals surface area contributed by atoms with E-state index in [2.05, 4.69) is 0 Å². The summed E-state index contributed by atoms with van der Waals surface area (Å²) in [6, 6.07) is 3.23. The van der Waals surface area contributed by atoms with E-state index in [4.69, 9.17) is 18.6 Å². The van der Waals surface area contributed by atoms with Gasteiger partial charge in [0.05, 0.1) is 25.7 Å². The van der Waals surface area contributed by atoms with Gasteiger partial charge in [-0.15, -0.1) is 0 Å². The molecule has 1 heterocycles.